The van der Waals surface area contributed by atoms with Gasteiger partial charge >= 0.3 is 5.82 Å². The first-order chi connectivity index (χ1) is 8.16. The summed E-state index contributed by atoms with van der Waals surface area (Å²) in [5, 5.41) is 14.4. The van der Waals surface area contributed by atoms with E-state index in [1.165, 1.54) is 11.6 Å². The van der Waals surface area contributed by atoms with E-state index in [2.05, 4.69) is 12.0 Å². The summed E-state index contributed by atoms with van der Waals surface area (Å²) in [4.78, 5) is 10.0. The first-order valence-corrected chi connectivity index (χ1v) is 5.39. The van der Waals surface area contributed by atoms with Crippen LogP contribution in [0, 0.1) is 10.1 Å². The highest BCUT2D eigenvalue weighted by Gasteiger charge is 2.13. The fourth-order valence-corrected chi connectivity index (χ4v) is 1.72. The van der Waals surface area contributed by atoms with Crippen molar-refractivity contribution in [3.05, 3.63) is 58.3 Å². The molecule has 0 aliphatic heterocycles. The zero-order valence-electron chi connectivity index (χ0n) is 9.48. The zero-order chi connectivity index (χ0) is 12.3. The smallest absolute Gasteiger partial charge is 0.358 e. The molecule has 2 aromatic rings. The van der Waals surface area contributed by atoms with E-state index in [0.29, 0.717) is 6.54 Å². The Kier molecular flexibility index (Phi) is 3.18. The van der Waals surface area contributed by atoms with Gasteiger partial charge in [-0.2, -0.15) is 4.68 Å². The molecule has 0 amide bonds. The third kappa shape index (κ3) is 2.69. The van der Waals surface area contributed by atoms with Crippen LogP contribution in [0.2, 0.25) is 0 Å². The summed E-state index contributed by atoms with van der Waals surface area (Å²) >= 11 is 0. The fourth-order valence-electron chi connectivity index (χ4n) is 1.72. The van der Waals surface area contributed by atoms with E-state index in [9.17, 15) is 10.1 Å². The SMILES string of the molecule is C[C@@H](Cn1ccc([N+](=O)[O-])n1)c1ccccc1. The van der Waals surface area contributed by atoms with Gasteiger partial charge in [0.2, 0.25) is 0 Å². The van der Waals surface area contributed by atoms with Crippen molar-refractivity contribution in [3.63, 3.8) is 0 Å². The Labute approximate surface area is 98.8 Å². The van der Waals surface area contributed by atoms with E-state index < -0.39 is 4.92 Å². The quantitative estimate of drug-likeness (QED) is 0.600. The lowest BCUT2D eigenvalue weighted by atomic mass is 10.0. The Hall–Kier alpha value is -2.17. The summed E-state index contributed by atoms with van der Waals surface area (Å²) in [6.45, 7) is 2.71. The summed E-state index contributed by atoms with van der Waals surface area (Å²) in [5.41, 5.74) is 1.20. The van der Waals surface area contributed by atoms with Gasteiger partial charge in [-0.15, -0.1) is 0 Å². The van der Waals surface area contributed by atoms with E-state index in [-0.39, 0.29) is 11.7 Å². The van der Waals surface area contributed by atoms with E-state index >= 15 is 0 Å². The van der Waals surface area contributed by atoms with Crippen LogP contribution in [-0.4, -0.2) is 14.7 Å². The topological polar surface area (TPSA) is 61.0 Å². The second-order valence-corrected chi connectivity index (χ2v) is 3.96. The van der Waals surface area contributed by atoms with Crippen LogP contribution < -0.4 is 0 Å². The van der Waals surface area contributed by atoms with Crippen LogP contribution >= 0.6 is 0 Å². The second-order valence-electron chi connectivity index (χ2n) is 3.96. The summed E-state index contributed by atoms with van der Waals surface area (Å²) in [6, 6.07) is 11.4. The second kappa shape index (κ2) is 4.78. The van der Waals surface area contributed by atoms with Crippen LogP contribution in [0.4, 0.5) is 5.82 Å². The molecule has 88 valence electrons. The monoisotopic (exact) mass is 231 g/mol. The molecule has 5 heteroatoms. The van der Waals surface area contributed by atoms with Gasteiger partial charge in [0.05, 0.1) is 23.9 Å². The van der Waals surface area contributed by atoms with Crippen molar-refractivity contribution in [1.82, 2.24) is 9.78 Å². The Morgan fingerprint density at radius 2 is 2.06 bits per heavy atom. The molecule has 2 rings (SSSR count). The fraction of sp³-hybridized carbons (Fsp3) is 0.250. The van der Waals surface area contributed by atoms with Gasteiger partial charge in [-0.25, -0.2) is 0 Å². The Bertz CT molecular complexity index is 507. The zero-order valence-corrected chi connectivity index (χ0v) is 9.48. The predicted octanol–water partition coefficient (Wildman–Crippen LogP) is 2.60. The minimum absolute atomic E-state index is 0.106. The minimum Gasteiger partial charge on any atom is -0.358 e. The number of benzene rings is 1. The van der Waals surface area contributed by atoms with Gasteiger partial charge in [0, 0.05) is 5.92 Å². The van der Waals surface area contributed by atoms with Crippen LogP contribution in [0.5, 0.6) is 0 Å². The van der Waals surface area contributed by atoms with Crippen LogP contribution in [0.1, 0.15) is 18.4 Å². The summed E-state index contributed by atoms with van der Waals surface area (Å²) in [7, 11) is 0. The van der Waals surface area contributed by atoms with Crippen molar-refractivity contribution in [2.75, 3.05) is 0 Å². The van der Waals surface area contributed by atoms with Crippen molar-refractivity contribution >= 4 is 5.82 Å². The van der Waals surface area contributed by atoms with Gasteiger partial charge in [-0.1, -0.05) is 37.3 Å². The van der Waals surface area contributed by atoms with E-state index in [0.717, 1.165) is 0 Å². The molecule has 0 spiro atoms. The third-order valence-electron chi connectivity index (χ3n) is 2.64. The molecule has 0 bridgehead atoms. The molecule has 17 heavy (non-hydrogen) atoms. The first kappa shape index (κ1) is 11.3. The highest BCUT2D eigenvalue weighted by Crippen LogP contribution is 2.17. The largest absolute Gasteiger partial charge is 0.389 e. The van der Waals surface area contributed by atoms with Gasteiger partial charge in [0.15, 0.2) is 0 Å². The molecule has 0 saturated heterocycles. The number of nitro groups is 1. The molecule has 0 N–H and O–H groups in total. The summed E-state index contributed by atoms with van der Waals surface area (Å²) in [6.07, 6.45) is 1.64. The van der Waals surface area contributed by atoms with Gasteiger partial charge in [0.25, 0.3) is 0 Å². The average molecular weight is 231 g/mol. The minimum atomic E-state index is -0.482. The molecule has 1 heterocycles. The molecule has 0 fully saturated rings. The van der Waals surface area contributed by atoms with Gasteiger partial charge in [-0.3, -0.25) is 0 Å². The molecular weight excluding hydrogens is 218 g/mol. The van der Waals surface area contributed by atoms with Crippen molar-refractivity contribution in [1.29, 1.82) is 0 Å². The van der Waals surface area contributed by atoms with Crippen LogP contribution in [0.15, 0.2) is 42.6 Å². The molecule has 1 aromatic carbocycles. The molecule has 0 saturated carbocycles. The van der Waals surface area contributed by atoms with Crippen LogP contribution in [-0.2, 0) is 6.54 Å². The van der Waals surface area contributed by atoms with Crippen molar-refractivity contribution in [3.8, 4) is 0 Å². The van der Waals surface area contributed by atoms with Crippen LogP contribution in [0.3, 0.4) is 0 Å². The lowest BCUT2D eigenvalue weighted by Gasteiger charge is -2.09. The maximum absolute atomic E-state index is 10.5. The van der Waals surface area contributed by atoms with Crippen molar-refractivity contribution in [2.24, 2.45) is 0 Å². The Balaban J connectivity index is 2.08. The van der Waals surface area contributed by atoms with Crippen LogP contribution in [0.25, 0.3) is 0 Å². The highest BCUT2D eigenvalue weighted by atomic mass is 16.6. The lowest BCUT2D eigenvalue weighted by molar-refractivity contribution is -0.389. The predicted molar refractivity (Wildman–Crippen MR) is 63.7 cm³/mol. The van der Waals surface area contributed by atoms with Gasteiger partial charge in [-0.05, 0) is 10.5 Å². The normalized spacial score (nSPS) is 12.3. The van der Waals surface area contributed by atoms with E-state index in [4.69, 9.17) is 0 Å². The molecule has 1 atom stereocenters. The molecule has 0 aliphatic rings. The number of hydrogen-bond acceptors (Lipinski definition) is 3. The molecule has 0 unspecified atom stereocenters. The molecule has 1 aromatic heterocycles. The molecule has 5 nitrogen and oxygen atoms in total. The molecular formula is C12H13N3O2. The number of rotatable bonds is 4. The summed E-state index contributed by atoms with van der Waals surface area (Å²) in [5.74, 6) is 0.168. The molecule has 0 aliphatic carbocycles. The first-order valence-electron chi connectivity index (χ1n) is 5.39. The average Bonchev–Trinajstić information content (AvgIpc) is 2.79. The summed E-state index contributed by atoms with van der Waals surface area (Å²) < 4.78 is 1.61. The Morgan fingerprint density at radius 1 is 1.35 bits per heavy atom. The highest BCUT2D eigenvalue weighted by molar-refractivity contribution is 5.19. The molecule has 0 radical (unpaired) electrons. The maximum Gasteiger partial charge on any atom is 0.389 e. The van der Waals surface area contributed by atoms with E-state index in [1.807, 2.05) is 30.3 Å². The maximum atomic E-state index is 10.5. The van der Waals surface area contributed by atoms with Gasteiger partial charge in [0.1, 0.15) is 0 Å². The van der Waals surface area contributed by atoms with Gasteiger partial charge < -0.3 is 10.1 Å². The number of nitrogens with zero attached hydrogens (tertiary/aromatic N) is 3. The number of aromatic nitrogens is 2. The third-order valence-corrected chi connectivity index (χ3v) is 2.64. The lowest BCUT2D eigenvalue weighted by Crippen LogP contribution is -2.07. The Morgan fingerprint density at radius 3 is 2.65 bits per heavy atom. The van der Waals surface area contributed by atoms with Crippen molar-refractivity contribution < 1.29 is 4.92 Å². The number of hydrogen-bond donors (Lipinski definition) is 0. The van der Waals surface area contributed by atoms with Crippen molar-refractivity contribution in [2.45, 2.75) is 19.4 Å². The standard InChI is InChI=1S/C12H13N3O2/c1-10(11-5-3-2-4-6-11)9-14-8-7-12(13-14)15(16)17/h2-8,10H,9H2,1H3/t10-/m0/s1. The van der Waals surface area contributed by atoms with E-state index in [1.54, 1.807) is 10.9 Å².